The molecule has 0 aliphatic carbocycles. The van der Waals surface area contributed by atoms with E-state index in [1.165, 1.54) is 6.92 Å². The van der Waals surface area contributed by atoms with E-state index in [0.29, 0.717) is 0 Å². The second-order valence-electron chi connectivity index (χ2n) is 6.63. The number of hydrogen-bond donors (Lipinski definition) is 5. The fourth-order valence-corrected chi connectivity index (χ4v) is 2.36. The Labute approximate surface area is 144 Å². The smallest absolute Gasteiger partial charge is 0.308 e. The summed E-state index contributed by atoms with van der Waals surface area (Å²) in [5.74, 6) is -2.17. The number of aliphatic carboxylic acids is 1. The van der Waals surface area contributed by atoms with Crippen LogP contribution in [0.5, 0.6) is 0 Å². The maximum Gasteiger partial charge on any atom is 0.308 e. The first-order valence-electron chi connectivity index (χ1n) is 7.88. The van der Waals surface area contributed by atoms with E-state index in [1.807, 2.05) is 0 Å². The third-order valence-corrected chi connectivity index (χ3v) is 3.54. The van der Waals surface area contributed by atoms with Crippen LogP contribution in [0.25, 0.3) is 0 Å². The van der Waals surface area contributed by atoms with Gasteiger partial charge >= 0.3 is 11.9 Å². The average Bonchev–Trinajstić information content (AvgIpc) is 2.44. The van der Waals surface area contributed by atoms with Gasteiger partial charge in [-0.2, -0.15) is 0 Å². The fraction of sp³-hybridized carbons (Fsp3) is 0.867. The van der Waals surface area contributed by atoms with Gasteiger partial charge in [-0.15, -0.1) is 0 Å². The van der Waals surface area contributed by atoms with Gasteiger partial charge < -0.3 is 39.7 Å². The number of aliphatic hydroxyl groups excluding tert-OH is 3. The summed E-state index contributed by atoms with van der Waals surface area (Å²) >= 11 is 0. The van der Waals surface area contributed by atoms with E-state index in [4.69, 9.17) is 19.3 Å². The number of carboxylic acids is 1. The molecule has 6 atom stereocenters. The van der Waals surface area contributed by atoms with Crippen molar-refractivity contribution >= 4 is 11.9 Å². The summed E-state index contributed by atoms with van der Waals surface area (Å²) in [5.41, 5.74) is -1.78. The van der Waals surface area contributed by atoms with E-state index in [0.717, 1.165) is 0 Å². The highest BCUT2D eigenvalue weighted by molar-refractivity contribution is 5.73. The van der Waals surface area contributed by atoms with Crippen molar-refractivity contribution in [3.63, 3.8) is 0 Å². The van der Waals surface area contributed by atoms with Crippen LogP contribution in [0.1, 0.15) is 33.6 Å². The van der Waals surface area contributed by atoms with Gasteiger partial charge in [0.15, 0.2) is 6.29 Å². The van der Waals surface area contributed by atoms with Gasteiger partial charge in [-0.05, 0) is 20.8 Å². The molecule has 25 heavy (non-hydrogen) atoms. The highest BCUT2D eigenvalue weighted by atomic mass is 16.7. The molecule has 0 spiro atoms. The Bertz CT molecular complexity index is 463. The Morgan fingerprint density at radius 2 is 1.72 bits per heavy atom. The first-order valence-corrected chi connectivity index (χ1v) is 7.88. The van der Waals surface area contributed by atoms with Crippen molar-refractivity contribution in [2.45, 2.75) is 76.0 Å². The normalized spacial score (nSPS) is 32.2. The molecule has 0 amide bonds. The summed E-state index contributed by atoms with van der Waals surface area (Å²) < 4.78 is 15.5. The first kappa shape index (κ1) is 21.7. The Balaban J connectivity index is 2.59. The third-order valence-electron chi connectivity index (χ3n) is 3.54. The number of carboxylic acid groups (broad SMARTS) is 1. The summed E-state index contributed by atoms with van der Waals surface area (Å²) in [6.45, 7) is 4.09. The molecule has 0 radical (unpaired) electrons. The SMILES string of the molecule is CC(C)O[C@H]1O[C@@H](COC(=O)C[C@](C)(O)CC(=O)O)[C@@H](O)[C@@H](O)[C@H]1O. The molecule has 0 unspecified atom stereocenters. The Morgan fingerprint density at radius 1 is 1.12 bits per heavy atom. The maximum atomic E-state index is 11.7. The minimum Gasteiger partial charge on any atom is -0.481 e. The second-order valence-corrected chi connectivity index (χ2v) is 6.63. The van der Waals surface area contributed by atoms with Crippen LogP contribution in [0.4, 0.5) is 0 Å². The Hall–Kier alpha value is -1.30. The van der Waals surface area contributed by atoms with Gasteiger partial charge in [0.1, 0.15) is 31.0 Å². The molecule has 5 N–H and O–H groups in total. The third kappa shape index (κ3) is 6.84. The summed E-state index contributed by atoms with van der Waals surface area (Å²) in [5, 5.41) is 48.1. The maximum absolute atomic E-state index is 11.7. The molecule has 0 aromatic heterocycles. The van der Waals surface area contributed by atoms with Crippen molar-refractivity contribution in [3.05, 3.63) is 0 Å². The molecule has 0 aromatic carbocycles. The highest BCUT2D eigenvalue weighted by Crippen LogP contribution is 2.24. The highest BCUT2D eigenvalue weighted by Gasteiger charge is 2.45. The molecule has 146 valence electrons. The van der Waals surface area contributed by atoms with Gasteiger partial charge in [0, 0.05) is 0 Å². The van der Waals surface area contributed by atoms with Gasteiger partial charge in [-0.3, -0.25) is 9.59 Å². The van der Waals surface area contributed by atoms with E-state index < -0.39 is 67.7 Å². The molecule has 10 heteroatoms. The van der Waals surface area contributed by atoms with Gasteiger partial charge in [-0.25, -0.2) is 0 Å². The molecule has 1 fully saturated rings. The van der Waals surface area contributed by atoms with Gasteiger partial charge in [0.25, 0.3) is 0 Å². The quantitative estimate of drug-likeness (QED) is 0.315. The lowest BCUT2D eigenvalue weighted by atomic mass is 9.98. The number of rotatable bonds is 8. The lowest BCUT2D eigenvalue weighted by Gasteiger charge is -2.40. The van der Waals surface area contributed by atoms with Crippen molar-refractivity contribution in [2.24, 2.45) is 0 Å². The fourth-order valence-electron chi connectivity index (χ4n) is 2.36. The molecule has 0 saturated carbocycles. The average molecular weight is 366 g/mol. The van der Waals surface area contributed by atoms with E-state index >= 15 is 0 Å². The molecular weight excluding hydrogens is 340 g/mol. The van der Waals surface area contributed by atoms with E-state index in [1.54, 1.807) is 13.8 Å². The largest absolute Gasteiger partial charge is 0.481 e. The summed E-state index contributed by atoms with van der Waals surface area (Å²) in [6, 6.07) is 0. The zero-order valence-corrected chi connectivity index (χ0v) is 14.4. The number of esters is 1. The van der Waals surface area contributed by atoms with Crippen LogP contribution in [-0.2, 0) is 23.8 Å². The van der Waals surface area contributed by atoms with Crippen LogP contribution in [0.15, 0.2) is 0 Å². The van der Waals surface area contributed by atoms with Crippen LogP contribution >= 0.6 is 0 Å². The molecule has 1 saturated heterocycles. The number of carbonyl (C=O) groups excluding carboxylic acids is 1. The monoisotopic (exact) mass is 366 g/mol. The molecule has 0 aromatic rings. The van der Waals surface area contributed by atoms with Crippen molar-refractivity contribution in [3.8, 4) is 0 Å². The lowest BCUT2D eigenvalue weighted by Crippen LogP contribution is -2.59. The second kappa shape index (κ2) is 8.88. The Morgan fingerprint density at radius 3 is 2.24 bits per heavy atom. The van der Waals surface area contributed by atoms with Crippen LogP contribution < -0.4 is 0 Å². The number of carbonyl (C=O) groups is 2. The molecule has 10 nitrogen and oxygen atoms in total. The Kier molecular flexibility index (Phi) is 7.72. The van der Waals surface area contributed by atoms with Crippen LogP contribution in [0.2, 0.25) is 0 Å². The molecule has 1 heterocycles. The van der Waals surface area contributed by atoms with E-state index in [-0.39, 0.29) is 6.10 Å². The zero-order valence-electron chi connectivity index (χ0n) is 14.4. The van der Waals surface area contributed by atoms with Crippen molar-refractivity contribution < 1.29 is 49.3 Å². The summed E-state index contributed by atoms with van der Waals surface area (Å²) in [4.78, 5) is 22.3. The first-order chi connectivity index (χ1) is 11.4. The zero-order chi connectivity index (χ0) is 19.4. The van der Waals surface area contributed by atoms with Gasteiger partial charge in [-0.1, -0.05) is 0 Å². The van der Waals surface area contributed by atoms with Crippen molar-refractivity contribution in [1.29, 1.82) is 0 Å². The predicted molar refractivity (Wildman–Crippen MR) is 81.4 cm³/mol. The molecule has 1 aliphatic heterocycles. The molecule has 1 rings (SSSR count). The van der Waals surface area contributed by atoms with Gasteiger partial charge in [0.05, 0.1) is 24.5 Å². The van der Waals surface area contributed by atoms with Crippen LogP contribution in [-0.4, -0.2) is 86.5 Å². The molecule has 1 aliphatic rings. The molecule has 0 bridgehead atoms. The van der Waals surface area contributed by atoms with E-state index in [2.05, 4.69) is 0 Å². The summed E-state index contributed by atoms with van der Waals surface area (Å²) in [7, 11) is 0. The van der Waals surface area contributed by atoms with Crippen LogP contribution in [0.3, 0.4) is 0 Å². The van der Waals surface area contributed by atoms with Gasteiger partial charge in [0.2, 0.25) is 0 Å². The van der Waals surface area contributed by atoms with Crippen molar-refractivity contribution in [2.75, 3.05) is 6.61 Å². The summed E-state index contributed by atoms with van der Waals surface area (Å²) in [6.07, 6.45) is -8.45. The number of ether oxygens (including phenoxy) is 3. The minimum atomic E-state index is -1.78. The number of hydrogen-bond acceptors (Lipinski definition) is 9. The van der Waals surface area contributed by atoms with Crippen LogP contribution in [0, 0.1) is 0 Å². The predicted octanol–water partition coefficient (Wildman–Crippen LogP) is -1.62. The topological polar surface area (TPSA) is 163 Å². The molecular formula is C15H26O10. The lowest BCUT2D eigenvalue weighted by molar-refractivity contribution is -0.309. The number of aliphatic hydroxyl groups is 4. The van der Waals surface area contributed by atoms with Crippen molar-refractivity contribution in [1.82, 2.24) is 0 Å². The standard InChI is InChI=1S/C15H26O10/c1-7(2)24-14-13(21)12(20)11(19)8(25-14)6-23-10(18)5-15(3,22)4-9(16)17/h7-8,11-14,19-22H,4-6H2,1-3H3,(H,16,17)/t8-,11+,12+,13+,14-,15+/m0/s1. The van der Waals surface area contributed by atoms with E-state index in [9.17, 15) is 30.0 Å². The minimum absolute atomic E-state index is 0.323.